The maximum Gasteiger partial charge on any atom is 0.416 e. The van der Waals surface area contributed by atoms with Crippen molar-refractivity contribution < 1.29 is 37.8 Å². The van der Waals surface area contributed by atoms with Crippen LogP contribution in [-0.4, -0.2) is 56.9 Å². The van der Waals surface area contributed by atoms with E-state index in [2.05, 4.69) is 26.1 Å². The quantitative estimate of drug-likeness (QED) is 0.411. The zero-order chi connectivity index (χ0) is 31.0. The Hall–Kier alpha value is -3.73. The molecule has 8 nitrogen and oxygen atoms in total. The summed E-state index contributed by atoms with van der Waals surface area (Å²) in [5, 5.41) is 20.6. The molecule has 0 bridgehead atoms. The van der Waals surface area contributed by atoms with E-state index < -0.39 is 48.0 Å². The second kappa shape index (κ2) is 11.5. The molecule has 226 valence electrons. The van der Waals surface area contributed by atoms with Crippen LogP contribution in [0.4, 0.5) is 13.2 Å². The number of amides is 2. The third-order valence-corrected chi connectivity index (χ3v) is 8.47. The van der Waals surface area contributed by atoms with Crippen LogP contribution < -0.4 is 5.32 Å². The first kappa shape index (κ1) is 31.2. The summed E-state index contributed by atoms with van der Waals surface area (Å²) in [6.45, 7) is 7.97. The van der Waals surface area contributed by atoms with Crippen molar-refractivity contribution in [2.45, 2.75) is 77.4 Å². The summed E-state index contributed by atoms with van der Waals surface area (Å²) in [5.41, 5.74) is -0.125. The minimum Gasteiger partial charge on any atom is -0.479 e. The number of nitrogens with zero attached hydrogens (tertiary/aromatic N) is 2. The average Bonchev–Trinajstić information content (AvgIpc) is 3.21. The fraction of sp³-hybridized carbons (Fsp3) is 0.484. The van der Waals surface area contributed by atoms with Crippen LogP contribution in [0.5, 0.6) is 0 Å². The molecule has 0 radical (unpaired) electrons. The van der Waals surface area contributed by atoms with Gasteiger partial charge in [0.2, 0.25) is 0 Å². The lowest BCUT2D eigenvalue weighted by molar-refractivity contribution is -0.146. The van der Waals surface area contributed by atoms with Crippen molar-refractivity contribution in [3.05, 3.63) is 70.8 Å². The molecule has 2 aromatic carbocycles. The minimum atomic E-state index is -4.49. The van der Waals surface area contributed by atoms with Gasteiger partial charge in [-0.1, -0.05) is 45.0 Å². The normalized spacial score (nSPS) is 22.6. The molecular formula is C31H36F3N3O5. The topological polar surface area (TPSA) is 119 Å². The summed E-state index contributed by atoms with van der Waals surface area (Å²) in [4.78, 5) is 43.9. The Kier molecular flexibility index (Phi) is 8.55. The molecule has 1 aliphatic carbocycles. The fourth-order valence-electron chi connectivity index (χ4n) is 5.89. The van der Waals surface area contributed by atoms with Gasteiger partial charge in [-0.2, -0.15) is 13.2 Å². The predicted molar refractivity (Wildman–Crippen MR) is 150 cm³/mol. The number of nitrogens with one attached hydrogen (secondary N) is 1. The van der Waals surface area contributed by atoms with Gasteiger partial charge in [-0.05, 0) is 73.8 Å². The number of carboxylic acid groups (broad SMARTS) is 1. The molecule has 2 atom stereocenters. The van der Waals surface area contributed by atoms with E-state index in [1.54, 1.807) is 29.2 Å². The summed E-state index contributed by atoms with van der Waals surface area (Å²) in [5.74, 6) is -1.94. The second-order valence-corrected chi connectivity index (χ2v) is 12.2. The van der Waals surface area contributed by atoms with Crippen molar-refractivity contribution in [1.82, 2.24) is 10.2 Å². The van der Waals surface area contributed by atoms with Crippen LogP contribution in [0.25, 0.3) is 0 Å². The number of halogens is 3. The van der Waals surface area contributed by atoms with Crippen LogP contribution in [0, 0.1) is 11.3 Å². The molecule has 0 saturated heterocycles. The molecule has 1 saturated carbocycles. The number of alkyl halides is 3. The molecule has 0 aromatic heterocycles. The van der Waals surface area contributed by atoms with Gasteiger partial charge in [0.1, 0.15) is 11.4 Å². The Morgan fingerprint density at radius 2 is 1.62 bits per heavy atom. The molecule has 2 unspecified atom stereocenters. The summed E-state index contributed by atoms with van der Waals surface area (Å²) < 4.78 is 39.5. The van der Waals surface area contributed by atoms with Crippen molar-refractivity contribution in [3.63, 3.8) is 0 Å². The average molecular weight is 588 g/mol. The van der Waals surface area contributed by atoms with Gasteiger partial charge in [-0.15, -0.1) is 0 Å². The Morgan fingerprint density at radius 1 is 1.05 bits per heavy atom. The van der Waals surface area contributed by atoms with E-state index in [1.165, 1.54) is 12.1 Å². The highest BCUT2D eigenvalue weighted by molar-refractivity contribution is 6.46. The first-order valence-corrected chi connectivity index (χ1v) is 13.9. The maximum absolute atomic E-state index is 14.0. The molecule has 1 aliphatic heterocycles. The van der Waals surface area contributed by atoms with Gasteiger partial charge in [-0.3, -0.25) is 14.6 Å². The zero-order valence-electron chi connectivity index (χ0n) is 24.0. The van der Waals surface area contributed by atoms with E-state index in [9.17, 15) is 32.7 Å². The maximum atomic E-state index is 14.0. The number of carboxylic acids is 1. The van der Waals surface area contributed by atoms with Gasteiger partial charge in [0.25, 0.3) is 11.8 Å². The lowest BCUT2D eigenvalue weighted by atomic mass is 9.69. The highest BCUT2D eigenvalue weighted by Crippen LogP contribution is 2.49. The van der Waals surface area contributed by atoms with Crippen LogP contribution >= 0.6 is 0 Å². The molecule has 1 spiro atoms. The van der Waals surface area contributed by atoms with Gasteiger partial charge >= 0.3 is 12.1 Å². The second-order valence-electron chi connectivity index (χ2n) is 12.2. The van der Waals surface area contributed by atoms with Gasteiger partial charge < -0.3 is 20.4 Å². The van der Waals surface area contributed by atoms with Crippen molar-refractivity contribution >= 4 is 23.5 Å². The van der Waals surface area contributed by atoms with Crippen molar-refractivity contribution in [1.29, 1.82) is 0 Å². The molecule has 3 N–H and O–H groups in total. The van der Waals surface area contributed by atoms with Gasteiger partial charge in [0.15, 0.2) is 6.10 Å². The lowest BCUT2D eigenvalue weighted by Gasteiger charge is -2.46. The Labute approximate surface area is 242 Å². The number of carbonyl (C=O) groups is 3. The van der Waals surface area contributed by atoms with Crippen LogP contribution in [-0.2, 0) is 15.8 Å². The number of aliphatic hydroxyl groups excluding tert-OH is 1. The first-order valence-electron chi connectivity index (χ1n) is 13.9. The van der Waals surface area contributed by atoms with Crippen LogP contribution in [0.15, 0.2) is 53.5 Å². The van der Waals surface area contributed by atoms with Gasteiger partial charge in [0, 0.05) is 11.1 Å². The number of benzene rings is 2. The molecule has 11 heteroatoms. The summed E-state index contributed by atoms with van der Waals surface area (Å²) >= 11 is 0. The third kappa shape index (κ3) is 6.35. The molecule has 2 aliphatic rings. The van der Waals surface area contributed by atoms with Gasteiger partial charge in [-0.25, -0.2) is 4.79 Å². The first-order chi connectivity index (χ1) is 19.5. The van der Waals surface area contributed by atoms with E-state index in [1.807, 2.05) is 6.92 Å². The van der Waals surface area contributed by atoms with Crippen molar-refractivity contribution in [2.75, 3.05) is 6.54 Å². The highest BCUT2D eigenvalue weighted by Gasteiger charge is 2.52. The Bertz CT molecular complexity index is 1360. The SMILES string of the molecule is CC(c1ccc(C(=O)NCC(O)C(=O)O)cc1)N1C(=O)C(c2ccc(C(F)(F)F)cc2)=NC12CCC(C(C)(C)C)CC2. The van der Waals surface area contributed by atoms with Gasteiger partial charge in [0.05, 0.1) is 18.2 Å². The molecule has 1 fully saturated rings. The minimum absolute atomic E-state index is 0.0809. The standard InChI is InChI=1S/C31H36F3N3O5/c1-18(19-5-7-21(8-6-19)26(39)35-17-24(38)28(41)42)37-27(40)25(20-9-11-23(12-10-20)31(32,33)34)36-30(37)15-13-22(14-16-30)29(2,3)4/h5-12,18,22,24,38H,13-17H2,1-4H3,(H,35,39)(H,41,42). The molecule has 2 amide bonds. The summed E-state index contributed by atoms with van der Waals surface area (Å²) in [6.07, 6.45) is -3.32. The third-order valence-electron chi connectivity index (χ3n) is 8.47. The van der Waals surface area contributed by atoms with E-state index in [0.717, 1.165) is 30.5 Å². The lowest BCUT2D eigenvalue weighted by Crippen LogP contribution is -2.50. The highest BCUT2D eigenvalue weighted by atomic mass is 19.4. The number of carbonyl (C=O) groups excluding carboxylic acids is 2. The van der Waals surface area contributed by atoms with Crippen molar-refractivity contribution in [3.8, 4) is 0 Å². The number of aliphatic hydroxyl groups is 1. The zero-order valence-corrected chi connectivity index (χ0v) is 24.0. The molecule has 42 heavy (non-hydrogen) atoms. The fourth-order valence-corrected chi connectivity index (χ4v) is 5.89. The summed E-state index contributed by atoms with van der Waals surface area (Å²) in [7, 11) is 0. The number of aliphatic carboxylic acids is 1. The van der Waals surface area contributed by atoms with Crippen molar-refractivity contribution in [2.24, 2.45) is 16.3 Å². The number of hydrogen-bond acceptors (Lipinski definition) is 5. The predicted octanol–water partition coefficient (Wildman–Crippen LogP) is 5.21. The van der Waals surface area contributed by atoms with Crippen LogP contribution in [0.1, 0.15) is 86.5 Å². The largest absolute Gasteiger partial charge is 0.479 e. The monoisotopic (exact) mass is 587 g/mol. The smallest absolute Gasteiger partial charge is 0.416 e. The van der Waals surface area contributed by atoms with Crippen LogP contribution in [0.3, 0.4) is 0 Å². The summed E-state index contributed by atoms with van der Waals surface area (Å²) in [6, 6.07) is 10.5. The van der Waals surface area contributed by atoms with Crippen LogP contribution in [0.2, 0.25) is 0 Å². The Morgan fingerprint density at radius 3 is 2.12 bits per heavy atom. The van der Waals surface area contributed by atoms with E-state index >= 15 is 0 Å². The molecule has 1 heterocycles. The molecule has 4 rings (SSSR count). The molecular weight excluding hydrogens is 551 g/mol. The van der Waals surface area contributed by atoms with E-state index in [0.29, 0.717) is 24.3 Å². The number of rotatable bonds is 7. The number of hydrogen-bond donors (Lipinski definition) is 3. The molecule has 2 aromatic rings. The van der Waals surface area contributed by atoms with E-state index in [-0.39, 0.29) is 22.6 Å². The Balaban J connectivity index is 1.62. The van der Waals surface area contributed by atoms with E-state index in [4.69, 9.17) is 10.1 Å². The number of aliphatic imine (C=N–C) groups is 1.